The summed E-state index contributed by atoms with van der Waals surface area (Å²) in [5, 5.41) is 0. The maximum atomic E-state index is 12.4. The van der Waals surface area contributed by atoms with E-state index in [1.807, 2.05) is 19.1 Å². The van der Waals surface area contributed by atoms with Crippen LogP contribution in [0.1, 0.15) is 23.7 Å². The largest absolute Gasteiger partial charge is 0.492 e. The molecule has 0 radical (unpaired) electrons. The van der Waals surface area contributed by atoms with Gasteiger partial charge in [0, 0.05) is 18.5 Å². The predicted molar refractivity (Wildman–Crippen MR) is 100 cm³/mol. The molecule has 1 fully saturated rings. The Morgan fingerprint density at radius 1 is 1.07 bits per heavy atom. The first-order chi connectivity index (χ1) is 13.1. The molecular formula is C20H21N3O4. The van der Waals surface area contributed by atoms with Crippen molar-refractivity contribution in [2.24, 2.45) is 5.92 Å². The molecule has 1 aliphatic rings. The second kappa shape index (κ2) is 8.35. The molecule has 0 spiro atoms. The van der Waals surface area contributed by atoms with E-state index in [1.54, 1.807) is 47.4 Å². The molecule has 2 aromatic carbocycles. The van der Waals surface area contributed by atoms with Crippen LogP contribution in [0.3, 0.4) is 0 Å². The summed E-state index contributed by atoms with van der Waals surface area (Å²) < 4.78 is 5.57. The number of hydrogen-bond donors (Lipinski definition) is 2. The van der Waals surface area contributed by atoms with Gasteiger partial charge in [0.15, 0.2) is 0 Å². The van der Waals surface area contributed by atoms with Crippen LogP contribution in [0, 0.1) is 5.92 Å². The molecule has 7 nitrogen and oxygen atoms in total. The zero-order valence-electron chi connectivity index (χ0n) is 15.0. The van der Waals surface area contributed by atoms with Gasteiger partial charge in [-0.05, 0) is 31.2 Å². The van der Waals surface area contributed by atoms with Crippen LogP contribution >= 0.6 is 0 Å². The third-order valence-electron chi connectivity index (χ3n) is 4.29. The summed E-state index contributed by atoms with van der Waals surface area (Å²) in [6, 6.07) is 15.8. The Bertz CT molecular complexity index is 838. The van der Waals surface area contributed by atoms with Crippen molar-refractivity contribution in [3.63, 3.8) is 0 Å². The van der Waals surface area contributed by atoms with E-state index in [1.165, 1.54) is 0 Å². The number of para-hydroxylation sites is 2. The molecule has 3 rings (SSSR count). The monoisotopic (exact) mass is 367 g/mol. The summed E-state index contributed by atoms with van der Waals surface area (Å²) in [4.78, 5) is 38.3. The summed E-state index contributed by atoms with van der Waals surface area (Å²) in [5.74, 6) is -0.914. The maximum absolute atomic E-state index is 12.4. The number of ether oxygens (including phenoxy) is 1. The van der Waals surface area contributed by atoms with Gasteiger partial charge in [-0.2, -0.15) is 0 Å². The summed E-state index contributed by atoms with van der Waals surface area (Å²) >= 11 is 0. The molecule has 140 valence electrons. The number of nitrogens with one attached hydrogen (secondary N) is 2. The van der Waals surface area contributed by atoms with E-state index in [-0.39, 0.29) is 18.9 Å². The van der Waals surface area contributed by atoms with Crippen LogP contribution in [0.2, 0.25) is 0 Å². The summed E-state index contributed by atoms with van der Waals surface area (Å²) in [6.07, 6.45) is 0.0769. The van der Waals surface area contributed by atoms with Gasteiger partial charge in [-0.15, -0.1) is 0 Å². The Labute approximate surface area is 157 Å². The highest BCUT2D eigenvalue weighted by molar-refractivity contribution is 6.02. The Morgan fingerprint density at radius 3 is 2.52 bits per heavy atom. The quantitative estimate of drug-likeness (QED) is 0.790. The number of amides is 3. The van der Waals surface area contributed by atoms with Gasteiger partial charge in [0.05, 0.1) is 18.2 Å². The van der Waals surface area contributed by atoms with Crippen molar-refractivity contribution in [3.8, 4) is 5.75 Å². The van der Waals surface area contributed by atoms with Gasteiger partial charge in [0.2, 0.25) is 11.8 Å². The van der Waals surface area contributed by atoms with Gasteiger partial charge < -0.3 is 9.64 Å². The Morgan fingerprint density at radius 2 is 1.78 bits per heavy atom. The minimum absolute atomic E-state index is 0.0769. The molecule has 0 aromatic heterocycles. The number of rotatable bonds is 5. The molecule has 0 bridgehead atoms. The fourth-order valence-electron chi connectivity index (χ4n) is 2.96. The van der Waals surface area contributed by atoms with Crippen molar-refractivity contribution in [2.45, 2.75) is 13.3 Å². The molecule has 2 aromatic rings. The van der Waals surface area contributed by atoms with Gasteiger partial charge in [-0.25, -0.2) is 0 Å². The van der Waals surface area contributed by atoms with Crippen molar-refractivity contribution >= 4 is 23.4 Å². The molecule has 1 atom stereocenters. The molecule has 1 saturated heterocycles. The maximum Gasteiger partial charge on any atom is 0.269 e. The molecule has 2 N–H and O–H groups in total. The molecule has 3 amide bonds. The third kappa shape index (κ3) is 4.25. The zero-order chi connectivity index (χ0) is 19.2. The fourth-order valence-corrected chi connectivity index (χ4v) is 2.96. The Balaban J connectivity index is 1.62. The minimum atomic E-state index is -0.553. The van der Waals surface area contributed by atoms with Crippen LogP contribution in [0.25, 0.3) is 0 Å². The number of nitrogens with zero attached hydrogens (tertiary/aromatic N) is 1. The van der Waals surface area contributed by atoms with E-state index in [2.05, 4.69) is 10.9 Å². The van der Waals surface area contributed by atoms with Gasteiger partial charge in [-0.3, -0.25) is 25.2 Å². The van der Waals surface area contributed by atoms with E-state index < -0.39 is 17.7 Å². The lowest BCUT2D eigenvalue weighted by Gasteiger charge is -2.20. The lowest BCUT2D eigenvalue weighted by Crippen LogP contribution is -2.45. The Kier molecular flexibility index (Phi) is 5.71. The van der Waals surface area contributed by atoms with E-state index in [9.17, 15) is 14.4 Å². The highest BCUT2D eigenvalue weighted by atomic mass is 16.5. The van der Waals surface area contributed by atoms with Gasteiger partial charge in [-0.1, -0.05) is 30.3 Å². The first-order valence-electron chi connectivity index (χ1n) is 8.77. The molecule has 0 aliphatic carbocycles. The number of carbonyl (C=O) groups is 3. The van der Waals surface area contributed by atoms with Crippen molar-refractivity contribution in [3.05, 3.63) is 60.2 Å². The summed E-state index contributed by atoms with van der Waals surface area (Å²) in [5.41, 5.74) is 5.87. The predicted octanol–water partition coefficient (Wildman–Crippen LogP) is 1.90. The molecule has 1 heterocycles. The van der Waals surface area contributed by atoms with Crippen molar-refractivity contribution in [1.82, 2.24) is 10.9 Å². The molecule has 1 aliphatic heterocycles. The fraction of sp³-hybridized carbons (Fsp3) is 0.250. The summed E-state index contributed by atoms with van der Waals surface area (Å²) in [6.45, 7) is 2.58. The number of anilines is 1. The highest BCUT2D eigenvalue weighted by Crippen LogP contribution is 2.33. The standard InChI is InChI=1S/C20H21N3O4/c1-2-27-17-11-7-6-10-16(17)23-13-15(12-18(23)24)20(26)22-21-19(25)14-8-4-3-5-9-14/h3-11,15H,2,12-13H2,1H3,(H,21,25)(H,22,26)/t15-/m0/s1. The van der Waals surface area contributed by atoms with Crippen molar-refractivity contribution < 1.29 is 19.1 Å². The van der Waals surface area contributed by atoms with E-state index in [0.29, 0.717) is 23.6 Å². The van der Waals surface area contributed by atoms with Crippen LogP contribution in [-0.4, -0.2) is 30.9 Å². The van der Waals surface area contributed by atoms with Crippen LogP contribution in [0.5, 0.6) is 5.75 Å². The normalized spacial score (nSPS) is 16.1. The van der Waals surface area contributed by atoms with E-state index >= 15 is 0 Å². The minimum Gasteiger partial charge on any atom is -0.492 e. The van der Waals surface area contributed by atoms with Crippen LogP contribution in [0.4, 0.5) is 5.69 Å². The second-order valence-corrected chi connectivity index (χ2v) is 6.12. The number of hydrogen-bond acceptors (Lipinski definition) is 4. The second-order valence-electron chi connectivity index (χ2n) is 6.12. The molecule has 0 saturated carbocycles. The topological polar surface area (TPSA) is 87.7 Å². The molecular weight excluding hydrogens is 346 g/mol. The molecule has 7 heteroatoms. The van der Waals surface area contributed by atoms with Gasteiger partial charge >= 0.3 is 0 Å². The number of hydrazine groups is 1. The third-order valence-corrected chi connectivity index (χ3v) is 4.29. The van der Waals surface area contributed by atoms with E-state index in [0.717, 1.165) is 0 Å². The van der Waals surface area contributed by atoms with Gasteiger partial charge in [0.1, 0.15) is 5.75 Å². The van der Waals surface area contributed by atoms with Gasteiger partial charge in [0.25, 0.3) is 5.91 Å². The van der Waals surface area contributed by atoms with Crippen molar-refractivity contribution in [1.29, 1.82) is 0 Å². The highest BCUT2D eigenvalue weighted by Gasteiger charge is 2.36. The average Bonchev–Trinajstić information content (AvgIpc) is 3.09. The Hall–Kier alpha value is -3.35. The van der Waals surface area contributed by atoms with Crippen LogP contribution in [-0.2, 0) is 9.59 Å². The number of benzene rings is 2. The zero-order valence-corrected chi connectivity index (χ0v) is 15.0. The summed E-state index contributed by atoms with van der Waals surface area (Å²) in [7, 11) is 0. The molecule has 27 heavy (non-hydrogen) atoms. The first kappa shape index (κ1) is 18.4. The van der Waals surface area contributed by atoms with E-state index in [4.69, 9.17) is 4.74 Å². The smallest absolute Gasteiger partial charge is 0.269 e. The molecule has 0 unspecified atom stereocenters. The lowest BCUT2D eigenvalue weighted by molar-refractivity contribution is -0.126. The van der Waals surface area contributed by atoms with Crippen LogP contribution in [0.15, 0.2) is 54.6 Å². The lowest BCUT2D eigenvalue weighted by atomic mass is 10.1. The van der Waals surface area contributed by atoms with Crippen LogP contribution < -0.4 is 20.5 Å². The van der Waals surface area contributed by atoms with Crippen molar-refractivity contribution in [2.75, 3.05) is 18.1 Å². The SMILES string of the molecule is CCOc1ccccc1N1C[C@@H](C(=O)NNC(=O)c2ccccc2)CC1=O. The average molecular weight is 367 g/mol. The first-order valence-corrected chi connectivity index (χ1v) is 8.77. The number of carbonyl (C=O) groups excluding carboxylic acids is 3.